The number of hydrogen-bond acceptors (Lipinski definition) is 5. The van der Waals surface area contributed by atoms with E-state index >= 15 is 0 Å². The topological polar surface area (TPSA) is 62.7 Å². The first-order chi connectivity index (χ1) is 9.65. The van der Waals surface area contributed by atoms with E-state index in [1.165, 1.54) is 11.3 Å². The smallest absolute Gasteiger partial charge is 0.355 e. The minimum atomic E-state index is -0.975. The van der Waals surface area contributed by atoms with Crippen molar-refractivity contribution < 1.29 is 14.6 Å². The minimum absolute atomic E-state index is 0.142. The van der Waals surface area contributed by atoms with E-state index in [0.717, 1.165) is 21.3 Å². The number of carboxylic acids is 1. The molecule has 0 saturated carbocycles. The van der Waals surface area contributed by atoms with Crippen LogP contribution >= 0.6 is 11.3 Å². The van der Waals surface area contributed by atoms with Gasteiger partial charge in [-0.15, -0.1) is 11.3 Å². The van der Waals surface area contributed by atoms with E-state index < -0.39 is 5.97 Å². The Labute approximate surface area is 120 Å². The van der Waals surface area contributed by atoms with Crippen LogP contribution in [-0.4, -0.2) is 29.2 Å². The van der Waals surface area contributed by atoms with Crippen molar-refractivity contribution in [3.63, 3.8) is 0 Å². The summed E-state index contributed by atoms with van der Waals surface area (Å²) in [6.07, 6.45) is 0. The number of ether oxygens (including phenoxy) is 1. The van der Waals surface area contributed by atoms with Crippen LogP contribution in [-0.2, 0) is 6.54 Å². The van der Waals surface area contributed by atoms with Gasteiger partial charge in [-0.25, -0.2) is 9.78 Å². The van der Waals surface area contributed by atoms with E-state index in [4.69, 9.17) is 9.84 Å². The molecule has 0 fully saturated rings. The van der Waals surface area contributed by atoms with Gasteiger partial charge in [-0.3, -0.25) is 0 Å². The van der Waals surface area contributed by atoms with Crippen LogP contribution < -0.4 is 9.64 Å². The first kappa shape index (κ1) is 12.9. The van der Waals surface area contributed by atoms with Crippen molar-refractivity contribution in [1.29, 1.82) is 0 Å². The summed E-state index contributed by atoms with van der Waals surface area (Å²) in [7, 11) is 0. The van der Waals surface area contributed by atoms with Crippen LogP contribution in [0.1, 0.15) is 20.9 Å². The number of thiazole rings is 1. The number of para-hydroxylation sites is 1. The number of aryl methyl sites for hydroxylation is 1. The molecule has 5 nitrogen and oxygen atoms in total. The number of aromatic carboxylic acids is 1. The fourth-order valence-electron chi connectivity index (χ4n) is 2.21. The Morgan fingerprint density at radius 2 is 2.25 bits per heavy atom. The second kappa shape index (κ2) is 5.13. The Morgan fingerprint density at radius 3 is 3.00 bits per heavy atom. The average Bonchev–Trinajstić information content (AvgIpc) is 2.69. The molecule has 0 amide bonds. The summed E-state index contributed by atoms with van der Waals surface area (Å²) in [5.41, 5.74) is 1.23. The average molecular weight is 290 g/mol. The Kier molecular flexibility index (Phi) is 3.31. The van der Waals surface area contributed by atoms with Gasteiger partial charge in [0.1, 0.15) is 12.4 Å². The highest BCUT2D eigenvalue weighted by molar-refractivity contribution is 7.15. The van der Waals surface area contributed by atoms with Crippen molar-refractivity contribution in [3.8, 4) is 5.75 Å². The molecule has 0 atom stereocenters. The van der Waals surface area contributed by atoms with Crippen LogP contribution in [0.15, 0.2) is 24.3 Å². The lowest BCUT2D eigenvalue weighted by Gasteiger charge is -2.18. The highest BCUT2D eigenvalue weighted by atomic mass is 32.1. The Balaban J connectivity index is 1.91. The maximum absolute atomic E-state index is 11.1. The van der Waals surface area contributed by atoms with Crippen LogP contribution in [0.3, 0.4) is 0 Å². The zero-order valence-electron chi connectivity index (χ0n) is 11.0. The van der Waals surface area contributed by atoms with E-state index in [2.05, 4.69) is 9.88 Å². The summed E-state index contributed by atoms with van der Waals surface area (Å²) < 4.78 is 5.70. The number of carbonyl (C=O) groups is 1. The van der Waals surface area contributed by atoms with Gasteiger partial charge in [0.25, 0.3) is 0 Å². The lowest BCUT2D eigenvalue weighted by Crippen LogP contribution is -2.25. The summed E-state index contributed by atoms with van der Waals surface area (Å²) in [4.78, 5) is 18.1. The van der Waals surface area contributed by atoms with Crippen molar-refractivity contribution >= 4 is 22.4 Å². The maximum Gasteiger partial charge on any atom is 0.355 e. The Morgan fingerprint density at radius 1 is 1.45 bits per heavy atom. The number of fused-ring (bicyclic) bond motifs is 1. The van der Waals surface area contributed by atoms with Crippen LogP contribution in [0.4, 0.5) is 5.13 Å². The largest absolute Gasteiger partial charge is 0.491 e. The maximum atomic E-state index is 11.1. The fourth-order valence-corrected chi connectivity index (χ4v) is 3.13. The van der Waals surface area contributed by atoms with Crippen LogP contribution in [0, 0.1) is 6.92 Å². The quantitative estimate of drug-likeness (QED) is 0.921. The number of aromatic nitrogens is 1. The van der Waals surface area contributed by atoms with E-state index in [9.17, 15) is 4.79 Å². The van der Waals surface area contributed by atoms with Gasteiger partial charge in [0.05, 0.1) is 6.54 Å². The predicted molar refractivity (Wildman–Crippen MR) is 76.8 cm³/mol. The Bertz CT molecular complexity index is 654. The first-order valence-electron chi connectivity index (χ1n) is 6.31. The molecule has 1 N–H and O–H groups in total. The van der Waals surface area contributed by atoms with Gasteiger partial charge in [-0.05, 0) is 13.0 Å². The van der Waals surface area contributed by atoms with Crippen molar-refractivity contribution in [1.82, 2.24) is 4.98 Å². The molecule has 3 rings (SSSR count). The molecule has 0 saturated heterocycles. The highest BCUT2D eigenvalue weighted by Crippen LogP contribution is 2.30. The van der Waals surface area contributed by atoms with Gasteiger partial charge < -0.3 is 14.7 Å². The molecule has 1 aromatic carbocycles. The first-order valence-corrected chi connectivity index (χ1v) is 7.13. The molecule has 20 heavy (non-hydrogen) atoms. The van der Waals surface area contributed by atoms with Gasteiger partial charge in [0.15, 0.2) is 10.8 Å². The molecule has 0 bridgehead atoms. The molecule has 0 radical (unpaired) electrons. The van der Waals surface area contributed by atoms with Crippen LogP contribution in [0.5, 0.6) is 5.75 Å². The molecule has 6 heteroatoms. The molecule has 0 spiro atoms. The summed E-state index contributed by atoms with van der Waals surface area (Å²) in [6, 6.07) is 7.90. The second-order valence-electron chi connectivity index (χ2n) is 4.58. The standard InChI is InChI=1S/C14H14N2O3S/c1-9-12(13(17)18)15-14(20-9)16-6-7-19-11-5-3-2-4-10(11)8-16/h2-5H,6-8H2,1H3,(H,17,18). The van der Waals surface area contributed by atoms with Crippen LogP contribution in [0.2, 0.25) is 0 Å². The number of hydrogen-bond donors (Lipinski definition) is 1. The SMILES string of the molecule is Cc1sc(N2CCOc3ccccc3C2)nc1C(=O)O. The van der Waals surface area contributed by atoms with E-state index in [0.29, 0.717) is 19.7 Å². The molecule has 104 valence electrons. The van der Waals surface area contributed by atoms with Crippen molar-refractivity contribution in [2.24, 2.45) is 0 Å². The highest BCUT2D eigenvalue weighted by Gasteiger charge is 2.21. The van der Waals surface area contributed by atoms with Gasteiger partial charge >= 0.3 is 5.97 Å². The fraction of sp³-hybridized carbons (Fsp3) is 0.286. The summed E-state index contributed by atoms with van der Waals surface area (Å²) in [5.74, 6) is -0.0850. The normalized spacial score (nSPS) is 14.3. The number of rotatable bonds is 2. The van der Waals surface area contributed by atoms with E-state index in [1.807, 2.05) is 24.3 Å². The van der Waals surface area contributed by atoms with Crippen molar-refractivity contribution in [2.45, 2.75) is 13.5 Å². The van der Waals surface area contributed by atoms with Gasteiger partial charge in [0.2, 0.25) is 0 Å². The molecular formula is C14H14N2O3S. The van der Waals surface area contributed by atoms with Crippen molar-refractivity contribution in [3.05, 3.63) is 40.4 Å². The number of anilines is 1. The zero-order chi connectivity index (χ0) is 14.1. The zero-order valence-corrected chi connectivity index (χ0v) is 11.8. The number of nitrogens with zero attached hydrogens (tertiary/aromatic N) is 2. The molecule has 1 aliphatic heterocycles. The van der Waals surface area contributed by atoms with E-state index in [-0.39, 0.29) is 5.69 Å². The summed E-state index contributed by atoms with van der Waals surface area (Å²) in [5, 5.41) is 9.83. The summed E-state index contributed by atoms with van der Waals surface area (Å²) in [6.45, 7) is 3.73. The molecular weight excluding hydrogens is 276 g/mol. The van der Waals surface area contributed by atoms with Gasteiger partial charge in [0, 0.05) is 17.0 Å². The molecule has 2 heterocycles. The second-order valence-corrected chi connectivity index (χ2v) is 5.77. The predicted octanol–water partition coefficient (Wildman–Crippen LogP) is 2.55. The van der Waals surface area contributed by atoms with Gasteiger partial charge in [-0.2, -0.15) is 0 Å². The molecule has 1 aliphatic rings. The molecule has 0 unspecified atom stereocenters. The third-order valence-electron chi connectivity index (χ3n) is 3.21. The molecule has 0 aliphatic carbocycles. The van der Waals surface area contributed by atoms with Crippen molar-refractivity contribution in [2.75, 3.05) is 18.1 Å². The molecule has 2 aromatic rings. The van der Waals surface area contributed by atoms with Gasteiger partial charge in [-0.1, -0.05) is 18.2 Å². The lowest BCUT2D eigenvalue weighted by atomic mass is 10.2. The third kappa shape index (κ3) is 2.34. The molecule has 1 aromatic heterocycles. The monoisotopic (exact) mass is 290 g/mol. The minimum Gasteiger partial charge on any atom is -0.491 e. The van der Waals surface area contributed by atoms with E-state index in [1.54, 1.807) is 6.92 Å². The lowest BCUT2D eigenvalue weighted by molar-refractivity contribution is 0.0690. The number of carboxylic acid groups (broad SMARTS) is 1. The Hall–Kier alpha value is -2.08. The number of benzene rings is 1. The third-order valence-corrected chi connectivity index (χ3v) is 4.24. The summed E-state index contributed by atoms with van der Waals surface area (Å²) >= 11 is 1.41. The van der Waals surface area contributed by atoms with Crippen LogP contribution in [0.25, 0.3) is 0 Å².